The maximum absolute atomic E-state index is 12.7. The topological polar surface area (TPSA) is 66.9 Å². The predicted octanol–water partition coefficient (Wildman–Crippen LogP) is 3.03. The van der Waals surface area contributed by atoms with Crippen molar-refractivity contribution in [3.63, 3.8) is 0 Å². The second-order valence-electron chi connectivity index (χ2n) is 5.99. The quantitative estimate of drug-likeness (QED) is 0.864. The lowest BCUT2D eigenvalue weighted by Crippen LogP contribution is -2.60. The zero-order valence-electron chi connectivity index (χ0n) is 14.0. The van der Waals surface area contributed by atoms with Crippen molar-refractivity contribution in [2.24, 2.45) is 0 Å². The summed E-state index contributed by atoms with van der Waals surface area (Å²) in [6.07, 6.45) is 4.54. The van der Waals surface area contributed by atoms with Gasteiger partial charge in [0.2, 0.25) is 0 Å². The summed E-state index contributed by atoms with van der Waals surface area (Å²) in [5, 5.41) is 0. The summed E-state index contributed by atoms with van der Waals surface area (Å²) in [4.78, 5) is 29.1. The molecule has 0 aromatic carbocycles. The first-order valence-corrected chi connectivity index (χ1v) is 8.34. The minimum absolute atomic E-state index is 0.0377. The molecule has 6 heteroatoms. The first kappa shape index (κ1) is 16.4. The van der Waals surface area contributed by atoms with Gasteiger partial charge in [-0.1, -0.05) is 13.8 Å². The van der Waals surface area contributed by atoms with E-state index in [0.29, 0.717) is 24.6 Å². The van der Waals surface area contributed by atoms with Gasteiger partial charge in [-0.2, -0.15) is 0 Å². The average Bonchev–Trinajstić information content (AvgIpc) is 3.32. The number of hydrogen-bond donors (Lipinski definition) is 0. The highest BCUT2D eigenvalue weighted by atomic mass is 16.3. The van der Waals surface area contributed by atoms with Crippen LogP contribution in [0.5, 0.6) is 0 Å². The second-order valence-corrected chi connectivity index (χ2v) is 5.99. The molecule has 1 fully saturated rings. The maximum Gasteiger partial charge on any atom is 0.289 e. The largest absolute Gasteiger partial charge is 0.459 e. The highest BCUT2D eigenvalue weighted by Gasteiger charge is 2.38. The van der Waals surface area contributed by atoms with Crippen molar-refractivity contribution in [3.05, 3.63) is 48.3 Å². The molecule has 0 N–H and O–H groups in total. The fourth-order valence-corrected chi connectivity index (χ4v) is 3.23. The summed E-state index contributed by atoms with van der Waals surface area (Å²) < 4.78 is 10.5. The molecular formula is C18H22N2O4. The van der Waals surface area contributed by atoms with Gasteiger partial charge in [-0.05, 0) is 37.1 Å². The monoisotopic (exact) mass is 330 g/mol. The van der Waals surface area contributed by atoms with Crippen LogP contribution in [0.1, 0.15) is 47.8 Å². The summed E-state index contributed by atoms with van der Waals surface area (Å²) >= 11 is 0. The molecule has 128 valence electrons. The number of rotatable bonds is 4. The first-order valence-electron chi connectivity index (χ1n) is 8.34. The van der Waals surface area contributed by atoms with Crippen molar-refractivity contribution >= 4 is 11.8 Å². The van der Waals surface area contributed by atoms with Gasteiger partial charge >= 0.3 is 0 Å². The molecule has 2 atom stereocenters. The lowest BCUT2D eigenvalue weighted by Gasteiger charge is -2.45. The van der Waals surface area contributed by atoms with Crippen LogP contribution in [0, 0.1) is 0 Å². The van der Waals surface area contributed by atoms with E-state index in [-0.39, 0.29) is 23.9 Å². The molecule has 24 heavy (non-hydrogen) atoms. The Labute approximate surface area is 141 Å². The molecule has 1 aliphatic heterocycles. The van der Waals surface area contributed by atoms with Crippen LogP contribution in [0.25, 0.3) is 0 Å². The minimum atomic E-state index is -0.115. The average molecular weight is 330 g/mol. The summed E-state index contributed by atoms with van der Waals surface area (Å²) in [5.41, 5.74) is 0. The van der Waals surface area contributed by atoms with E-state index in [9.17, 15) is 9.59 Å². The standard InChI is InChI=1S/C18H22N2O4/c1-3-13-11-20(18(22)16-8-6-10-24-16)14(4-2)12-19(13)17(21)15-7-5-9-23-15/h5-10,13-14H,3-4,11-12H2,1-2H3/t13-,14+. The van der Waals surface area contributed by atoms with Crippen LogP contribution < -0.4 is 0 Å². The Kier molecular flexibility index (Phi) is 4.74. The van der Waals surface area contributed by atoms with Crippen LogP contribution in [0.3, 0.4) is 0 Å². The smallest absolute Gasteiger partial charge is 0.289 e. The molecule has 2 aromatic rings. The lowest BCUT2D eigenvalue weighted by atomic mass is 10.0. The van der Waals surface area contributed by atoms with E-state index < -0.39 is 0 Å². The Hall–Kier alpha value is -2.50. The van der Waals surface area contributed by atoms with Crippen LogP contribution in [0.15, 0.2) is 45.6 Å². The van der Waals surface area contributed by atoms with Crippen LogP contribution in [0.4, 0.5) is 0 Å². The number of carbonyl (C=O) groups is 2. The van der Waals surface area contributed by atoms with Gasteiger partial charge in [-0.15, -0.1) is 0 Å². The van der Waals surface area contributed by atoms with Gasteiger partial charge in [0, 0.05) is 25.2 Å². The van der Waals surface area contributed by atoms with Crippen LogP contribution >= 0.6 is 0 Å². The Bertz CT molecular complexity index is 618. The number of amides is 2. The molecule has 0 radical (unpaired) electrons. The fraction of sp³-hybridized carbons (Fsp3) is 0.444. The SMILES string of the molecule is CC[C@@H]1CN(C(=O)c2ccco2)[C@@H](CC)CN1C(=O)c1ccco1. The van der Waals surface area contributed by atoms with Gasteiger partial charge in [0.15, 0.2) is 11.5 Å². The number of hydrogen-bond acceptors (Lipinski definition) is 4. The van der Waals surface area contributed by atoms with E-state index in [4.69, 9.17) is 8.83 Å². The predicted molar refractivity (Wildman–Crippen MR) is 87.6 cm³/mol. The zero-order valence-corrected chi connectivity index (χ0v) is 14.0. The number of nitrogens with zero attached hydrogens (tertiary/aromatic N) is 2. The van der Waals surface area contributed by atoms with Crippen molar-refractivity contribution in [2.45, 2.75) is 38.8 Å². The summed E-state index contributed by atoms with van der Waals surface area (Å²) in [6, 6.07) is 6.70. The Balaban J connectivity index is 1.82. The molecule has 3 heterocycles. The Morgan fingerprint density at radius 1 is 0.917 bits per heavy atom. The minimum Gasteiger partial charge on any atom is -0.459 e. The van der Waals surface area contributed by atoms with Crippen molar-refractivity contribution < 1.29 is 18.4 Å². The molecule has 0 bridgehead atoms. The van der Waals surface area contributed by atoms with Crippen LogP contribution in [-0.4, -0.2) is 46.8 Å². The van der Waals surface area contributed by atoms with Crippen molar-refractivity contribution in [1.82, 2.24) is 9.80 Å². The molecule has 2 amide bonds. The van der Waals surface area contributed by atoms with Gasteiger partial charge < -0.3 is 18.6 Å². The molecule has 1 saturated heterocycles. The first-order chi connectivity index (χ1) is 11.7. The van der Waals surface area contributed by atoms with Gasteiger partial charge in [0.1, 0.15) is 0 Å². The molecule has 0 unspecified atom stereocenters. The summed E-state index contributed by atoms with van der Waals surface area (Å²) in [7, 11) is 0. The molecular weight excluding hydrogens is 308 g/mol. The van der Waals surface area contributed by atoms with Crippen LogP contribution in [0.2, 0.25) is 0 Å². The van der Waals surface area contributed by atoms with E-state index in [1.165, 1.54) is 12.5 Å². The van der Waals surface area contributed by atoms with Crippen LogP contribution in [-0.2, 0) is 0 Å². The lowest BCUT2D eigenvalue weighted by molar-refractivity contribution is 0.0160. The Morgan fingerprint density at radius 2 is 1.33 bits per heavy atom. The zero-order chi connectivity index (χ0) is 17.1. The van der Waals surface area contributed by atoms with Crippen molar-refractivity contribution in [1.29, 1.82) is 0 Å². The third-order valence-corrected chi connectivity index (χ3v) is 4.62. The Morgan fingerprint density at radius 3 is 1.62 bits per heavy atom. The van der Waals surface area contributed by atoms with E-state index in [0.717, 1.165) is 12.8 Å². The third kappa shape index (κ3) is 2.96. The van der Waals surface area contributed by atoms with Gasteiger partial charge in [0.05, 0.1) is 12.5 Å². The number of carbonyl (C=O) groups excluding carboxylic acids is 2. The number of furan rings is 2. The molecule has 0 saturated carbocycles. The fourth-order valence-electron chi connectivity index (χ4n) is 3.23. The maximum atomic E-state index is 12.7. The van der Waals surface area contributed by atoms with E-state index in [2.05, 4.69) is 0 Å². The van der Waals surface area contributed by atoms with Gasteiger partial charge in [0.25, 0.3) is 11.8 Å². The summed E-state index contributed by atoms with van der Waals surface area (Å²) in [6.45, 7) is 5.05. The third-order valence-electron chi connectivity index (χ3n) is 4.62. The molecule has 1 aliphatic rings. The highest BCUT2D eigenvalue weighted by Crippen LogP contribution is 2.24. The molecule has 3 rings (SSSR count). The number of piperazine rings is 1. The van der Waals surface area contributed by atoms with E-state index in [1.807, 2.05) is 23.6 Å². The van der Waals surface area contributed by atoms with E-state index in [1.54, 1.807) is 24.3 Å². The van der Waals surface area contributed by atoms with Crippen molar-refractivity contribution in [2.75, 3.05) is 13.1 Å². The molecule has 6 nitrogen and oxygen atoms in total. The second kappa shape index (κ2) is 6.95. The van der Waals surface area contributed by atoms with Crippen molar-refractivity contribution in [3.8, 4) is 0 Å². The van der Waals surface area contributed by atoms with Gasteiger partial charge in [-0.3, -0.25) is 9.59 Å². The van der Waals surface area contributed by atoms with Gasteiger partial charge in [-0.25, -0.2) is 0 Å². The molecule has 0 aliphatic carbocycles. The van der Waals surface area contributed by atoms with E-state index >= 15 is 0 Å². The highest BCUT2D eigenvalue weighted by molar-refractivity contribution is 5.93. The molecule has 0 spiro atoms. The summed E-state index contributed by atoms with van der Waals surface area (Å²) in [5.74, 6) is 0.453. The normalized spacial score (nSPS) is 21.1. The molecule has 2 aromatic heterocycles.